The Morgan fingerprint density at radius 2 is 1.76 bits per heavy atom. The van der Waals surface area contributed by atoms with Gasteiger partial charge in [0.05, 0.1) is 47.2 Å². The highest BCUT2D eigenvalue weighted by molar-refractivity contribution is 6.41. The summed E-state index contributed by atoms with van der Waals surface area (Å²) in [4.78, 5) is 18.4. The van der Waals surface area contributed by atoms with Crippen LogP contribution in [0.3, 0.4) is 0 Å². The number of benzene rings is 1. The molecule has 1 fully saturated rings. The molecule has 0 atom stereocenters. The maximum Gasteiger partial charge on any atom is 0.259 e. The van der Waals surface area contributed by atoms with Gasteiger partial charge in [-0.1, -0.05) is 23.2 Å². The molecule has 0 radical (unpaired) electrons. The highest BCUT2D eigenvalue weighted by Crippen LogP contribution is 2.45. The van der Waals surface area contributed by atoms with Crippen molar-refractivity contribution in [2.75, 3.05) is 14.2 Å². The Morgan fingerprint density at radius 1 is 1.06 bits per heavy atom. The molecular formula is C24H22Cl2N4O3. The van der Waals surface area contributed by atoms with Gasteiger partial charge in [-0.15, -0.1) is 0 Å². The van der Waals surface area contributed by atoms with Crippen molar-refractivity contribution in [2.24, 2.45) is 13.0 Å². The van der Waals surface area contributed by atoms with Crippen LogP contribution in [-0.4, -0.2) is 33.6 Å². The molecule has 7 nitrogen and oxygen atoms in total. The number of halogens is 2. The van der Waals surface area contributed by atoms with Gasteiger partial charge < -0.3 is 14.0 Å². The summed E-state index contributed by atoms with van der Waals surface area (Å²) < 4.78 is 14.3. The molecule has 0 amide bonds. The zero-order valence-electron chi connectivity index (χ0n) is 18.4. The van der Waals surface area contributed by atoms with Crippen LogP contribution in [0.25, 0.3) is 33.3 Å². The van der Waals surface area contributed by atoms with E-state index in [2.05, 4.69) is 10.1 Å². The summed E-state index contributed by atoms with van der Waals surface area (Å²) >= 11 is 13.3. The van der Waals surface area contributed by atoms with Crippen LogP contribution in [0.2, 0.25) is 10.0 Å². The number of hydrogen-bond donors (Lipinski definition) is 0. The van der Waals surface area contributed by atoms with E-state index in [9.17, 15) is 4.79 Å². The van der Waals surface area contributed by atoms with E-state index in [1.165, 1.54) is 14.2 Å². The minimum atomic E-state index is -0.170. The van der Waals surface area contributed by atoms with E-state index in [1.807, 2.05) is 23.9 Å². The Morgan fingerprint density at radius 3 is 2.33 bits per heavy atom. The van der Waals surface area contributed by atoms with Gasteiger partial charge in [0.1, 0.15) is 11.5 Å². The first-order valence-electron chi connectivity index (χ1n) is 10.5. The maximum atomic E-state index is 13.8. The Balaban J connectivity index is 1.78. The molecule has 0 aliphatic heterocycles. The van der Waals surface area contributed by atoms with Gasteiger partial charge >= 0.3 is 0 Å². The fourth-order valence-electron chi connectivity index (χ4n) is 4.02. The highest BCUT2D eigenvalue weighted by Gasteiger charge is 2.26. The van der Waals surface area contributed by atoms with Gasteiger partial charge in [0, 0.05) is 48.6 Å². The molecule has 0 bridgehead atoms. The van der Waals surface area contributed by atoms with Crippen molar-refractivity contribution >= 4 is 34.1 Å². The van der Waals surface area contributed by atoms with Crippen molar-refractivity contribution in [3.63, 3.8) is 0 Å². The predicted octanol–water partition coefficient (Wildman–Crippen LogP) is 5.20. The van der Waals surface area contributed by atoms with E-state index in [0.717, 1.165) is 35.0 Å². The topological polar surface area (TPSA) is 71.2 Å². The van der Waals surface area contributed by atoms with E-state index in [-0.39, 0.29) is 15.6 Å². The first kappa shape index (κ1) is 21.8. The second kappa shape index (κ2) is 8.39. The average molecular weight is 485 g/mol. The standard InChI is InChI=1S/C24H22Cl2N4O3/c1-29-12-15(10-28-29)17-7-18-14(9-27-17)6-16(24(31)30(18)11-13-4-5-13)21-22(25)19(32-2)8-20(33-3)23(21)26/h6-10,12-13H,4-5,11H2,1-3H3. The van der Waals surface area contributed by atoms with Crippen LogP contribution in [0.1, 0.15) is 12.8 Å². The second-order valence-corrected chi connectivity index (χ2v) is 8.99. The van der Waals surface area contributed by atoms with E-state index in [4.69, 9.17) is 32.7 Å². The van der Waals surface area contributed by atoms with E-state index in [0.29, 0.717) is 35.1 Å². The van der Waals surface area contributed by atoms with E-state index in [1.54, 1.807) is 29.2 Å². The number of methoxy groups -OCH3 is 2. The van der Waals surface area contributed by atoms with Gasteiger partial charge in [0.25, 0.3) is 5.56 Å². The summed E-state index contributed by atoms with van der Waals surface area (Å²) in [5.74, 6) is 1.24. The average Bonchev–Trinajstić information content (AvgIpc) is 3.53. The van der Waals surface area contributed by atoms with Crippen LogP contribution in [0.5, 0.6) is 11.5 Å². The molecule has 1 saturated carbocycles. The summed E-state index contributed by atoms with van der Waals surface area (Å²) in [6, 6.07) is 5.34. The number of pyridine rings is 2. The number of hydrogen-bond acceptors (Lipinski definition) is 5. The number of rotatable bonds is 6. The normalized spacial score (nSPS) is 13.5. The lowest BCUT2D eigenvalue weighted by atomic mass is 10.0. The predicted molar refractivity (Wildman–Crippen MR) is 129 cm³/mol. The molecule has 0 saturated heterocycles. The molecule has 0 unspecified atom stereocenters. The molecule has 1 aromatic carbocycles. The number of aryl methyl sites for hydroxylation is 1. The molecule has 0 spiro atoms. The first-order chi connectivity index (χ1) is 15.9. The van der Waals surface area contributed by atoms with Crippen LogP contribution in [0.4, 0.5) is 0 Å². The molecule has 9 heteroatoms. The van der Waals surface area contributed by atoms with Crippen LogP contribution in [0.15, 0.2) is 41.6 Å². The number of nitrogens with zero attached hydrogens (tertiary/aromatic N) is 4. The molecule has 1 aliphatic rings. The molecule has 33 heavy (non-hydrogen) atoms. The molecule has 3 heterocycles. The molecule has 170 valence electrons. The quantitative estimate of drug-likeness (QED) is 0.376. The molecule has 1 aliphatic carbocycles. The van der Waals surface area contributed by atoms with Crippen LogP contribution in [-0.2, 0) is 13.6 Å². The van der Waals surface area contributed by atoms with Crippen molar-refractivity contribution in [2.45, 2.75) is 19.4 Å². The van der Waals surface area contributed by atoms with E-state index >= 15 is 0 Å². The van der Waals surface area contributed by atoms with Crippen molar-refractivity contribution in [3.8, 4) is 33.9 Å². The summed E-state index contributed by atoms with van der Waals surface area (Å²) in [6.07, 6.45) is 7.63. The third-order valence-electron chi connectivity index (χ3n) is 5.96. The lowest BCUT2D eigenvalue weighted by Gasteiger charge is -2.17. The summed E-state index contributed by atoms with van der Waals surface area (Å²) in [5.41, 5.74) is 3.06. The number of fused-ring (bicyclic) bond motifs is 1. The zero-order chi connectivity index (χ0) is 23.3. The van der Waals surface area contributed by atoms with Gasteiger partial charge in [0.15, 0.2) is 0 Å². The zero-order valence-corrected chi connectivity index (χ0v) is 19.9. The maximum absolute atomic E-state index is 13.8. The van der Waals surface area contributed by atoms with E-state index < -0.39 is 0 Å². The molecule has 0 N–H and O–H groups in total. The minimum Gasteiger partial charge on any atom is -0.495 e. The first-order valence-corrected chi connectivity index (χ1v) is 11.3. The summed E-state index contributed by atoms with van der Waals surface area (Å²) in [7, 11) is 4.87. The van der Waals surface area contributed by atoms with Crippen molar-refractivity contribution < 1.29 is 9.47 Å². The Bertz CT molecular complexity index is 1410. The Kier molecular flexibility index (Phi) is 5.54. The smallest absolute Gasteiger partial charge is 0.259 e. The minimum absolute atomic E-state index is 0.170. The number of ether oxygens (including phenoxy) is 2. The summed E-state index contributed by atoms with van der Waals surface area (Å²) in [5, 5.41) is 5.57. The number of aromatic nitrogens is 4. The third kappa shape index (κ3) is 3.85. The molecule has 5 rings (SSSR count). The monoisotopic (exact) mass is 484 g/mol. The fourth-order valence-corrected chi connectivity index (χ4v) is 4.73. The second-order valence-electron chi connectivity index (χ2n) is 8.23. The SMILES string of the molecule is COc1cc(OC)c(Cl)c(-c2cc3cnc(-c4cnn(C)c4)cc3n(CC3CC3)c2=O)c1Cl. The Labute approximate surface area is 200 Å². The van der Waals surface area contributed by atoms with Crippen molar-refractivity contribution in [1.82, 2.24) is 19.3 Å². The van der Waals surface area contributed by atoms with Crippen LogP contribution in [0, 0.1) is 5.92 Å². The van der Waals surface area contributed by atoms with Crippen molar-refractivity contribution in [1.29, 1.82) is 0 Å². The largest absolute Gasteiger partial charge is 0.495 e. The Hall–Kier alpha value is -3.03. The fraction of sp³-hybridized carbons (Fsp3) is 0.292. The van der Waals surface area contributed by atoms with Gasteiger partial charge in [0.2, 0.25) is 0 Å². The van der Waals surface area contributed by atoms with Gasteiger partial charge in [-0.25, -0.2) is 0 Å². The van der Waals surface area contributed by atoms with Gasteiger partial charge in [-0.2, -0.15) is 5.10 Å². The molecular weight excluding hydrogens is 463 g/mol. The lowest BCUT2D eigenvalue weighted by Crippen LogP contribution is -2.23. The van der Waals surface area contributed by atoms with Crippen molar-refractivity contribution in [3.05, 3.63) is 57.2 Å². The molecule has 4 aromatic rings. The van der Waals surface area contributed by atoms with Gasteiger partial charge in [-0.3, -0.25) is 14.5 Å². The van der Waals surface area contributed by atoms with Crippen LogP contribution < -0.4 is 15.0 Å². The highest BCUT2D eigenvalue weighted by atomic mass is 35.5. The van der Waals surface area contributed by atoms with Crippen LogP contribution >= 0.6 is 23.2 Å². The molecule has 3 aromatic heterocycles. The third-order valence-corrected chi connectivity index (χ3v) is 6.71. The van der Waals surface area contributed by atoms with Gasteiger partial charge in [-0.05, 0) is 30.9 Å². The lowest BCUT2D eigenvalue weighted by molar-refractivity contribution is 0.395. The summed E-state index contributed by atoms with van der Waals surface area (Å²) in [6.45, 7) is 0.621.